The molecule has 0 atom stereocenters. The molecule has 0 radical (unpaired) electrons. The first-order chi connectivity index (χ1) is 12.8. The van der Waals surface area contributed by atoms with Crippen molar-refractivity contribution in [3.63, 3.8) is 0 Å². The number of hydrogen-bond donors (Lipinski definition) is 2. The number of guanidine groups is 1. The standard InChI is InChI=1S/C21H31N3O2.HI/c1-3-25-15-7-6-13-23-21(22-2)24-14-8-16-26-20-12-11-18-9-4-5-10-19(18)17-20;/h4-5,9-12,17H,3,6-8,13-16H2,1-2H3,(H2,22,23,24);1H. The van der Waals surface area contributed by atoms with E-state index in [0.717, 1.165) is 57.3 Å². The Morgan fingerprint density at radius 2 is 1.67 bits per heavy atom. The molecule has 0 unspecified atom stereocenters. The van der Waals surface area contributed by atoms with E-state index < -0.39 is 0 Å². The molecule has 2 rings (SSSR count). The summed E-state index contributed by atoms with van der Waals surface area (Å²) in [6.45, 7) is 6.05. The van der Waals surface area contributed by atoms with E-state index in [2.05, 4.69) is 46.0 Å². The lowest BCUT2D eigenvalue weighted by Crippen LogP contribution is -2.38. The first-order valence-electron chi connectivity index (χ1n) is 9.47. The van der Waals surface area contributed by atoms with Gasteiger partial charge in [0.2, 0.25) is 0 Å². The van der Waals surface area contributed by atoms with Gasteiger partial charge in [-0.05, 0) is 49.1 Å². The van der Waals surface area contributed by atoms with E-state index in [9.17, 15) is 0 Å². The van der Waals surface area contributed by atoms with Gasteiger partial charge < -0.3 is 20.1 Å². The molecule has 0 aliphatic heterocycles. The summed E-state index contributed by atoms with van der Waals surface area (Å²) in [6.07, 6.45) is 3.06. The van der Waals surface area contributed by atoms with Crippen LogP contribution in [-0.2, 0) is 4.74 Å². The van der Waals surface area contributed by atoms with E-state index in [1.807, 2.05) is 19.1 Å². The second-order valence-electron chi connectivity index (χ2n) is 6.04. The van der Waals surface area contributed by atoms with Crippen molar-refractivity contribution in [3.8, 4) is 5.75 Å². The molecular weight excluding hydrogens is 453 g/mol. The molecule has 2 N–H and O–H groups in total. The number of nitrogens with one attached hydrogen (secondary N) is 2. The summed E-state index contributed by atoms with van der Waals surface area (Å²) in [5.74, 6) is 1.76. The van der Waals surface area contributed by atoms with Crippen molar-refractivity contribution in [2.75, 3.05) is 40.0 Å². The van der Waals surface area contributed by atoms with Gasteiger partial charge in [0.1, 0.15) is 5.75 Å². The minimum absolute atomic E-state index is 0. The van der Waals surface area contributed by atoms with Gasteiger partial charge >= 0.3 is 0 Å². The molecule has 0 heterocycles. The summed E-state index contributed by atoms with van der Waals surface area (Å²) in [5.41, 5.74) is 0. The second kappa shape index (κ2) is 14.5. The molecule has 0 aliphatic rings. The number of ether oxygens (including phenoxy) is 2. The minimum atomic E-state index is 0. The van der Waals surface area contributed by atoms with Gasteiger partial charge in [-0.2, -0.15) is 0 Å². The Labute approximate surface area is 179 Å². The van der Waals surface area contributed by atoms with Gasteiger partial charge in [-0.15, -0.1) is 24.0 Å². The van der Waals surface area contributed by atoms with Gasteiger partial charge in [0.15, 0.2) is 5.96 Å². The summed E-state index contributed by atoms with van der Waals surface area (Å²) in [4.78, 5) is 4.23. The Kier molecular flexibility index (Phi) is 12.6. The van der Waals surface area contributed by atoms with Crippen LogP contribution in [0, 0.1) is 0 Å². The Hall–Kier alpha value is -1.54. The average Bonchev–Trinajstić information content (AvgIpc) is 2.68. The van der Waals surface area contributed by atoms with Crippen LogP contribution in [-0.4, -0.2) is 45.9 Å². The van der Waals surface area contributed by atoms with Gasteiger partial charge in [0, 0.05) is 33.4 Å². The normalized spacial score (nSPS) is 11.1. The molecule has 6 heteroatoms. The van der Waals surface area contributed by atoms with Crippen LogP contribution in [0.1, 0.15) is 26.2 Å². The molecule has 0 aromatic heterocycles. The molecule has 2 aromatic carbocycles. The Morgan fingerprint density at radius 1 is 0.926 bits per heavy atom. The number of halogens is 1. The lowest BCUT2D eigenvalue weighted by molar-refractivity contribution is 0.143. The fraction of sp³-hybridized carbons (Fsp3) is 0.476. The zero-order valence-electron chi connectivity index (χ0n) is 16.4. The van der Waals surface area contributed by atoms with E-state index >= 15 is 0 Å². The predicted octanol–water partition coefficient (Wildman–Crippen LogP) is 4.21. The molecule has 0 bridgehead atoms. The highest BCUT2D eigenvalue weighted by atomic mass is 127. The molecule has 0 fully saturated rings. The molecule has 0 aliphatic carbocycles. The summed E-state index contributed by atoms with van der Waals surface area (Å²) in [6, 6.07) is 14.5. The lowest BCUT2D eigenvalue weighted by atomic mass is 10.1. The number of fused-ring (bicyclic) bond motifs is 1. The first-order valence-corrected chi connectivity index (χ1v) is 9.47. The van der Waals surface area contributed by atoms with Gasteiger partial charge in [-0.3, -0.25) is 4.99 Å². The number of nitrogens with zero attached hydrogens (tertiary/aromatic N) is 1. The van der Waals surface area contributed by atoms with Crippen molar-refractivity contribution in [3.05, 3.63) is 42.5 Å². The van der Waals surface area contributed by atoms with Gasteiger partial charge in [-0.25, -0.2) is 0 Å². The first kappa shape index (κ1) is 23.5. The molecule has 0 saturated heterocycles. The van der Waals surface area contributed by atoms with Gasteiger partial charge in [-0.1, -0.05) is 30.3 Å². The zero-order chi connectivity index (χ0) is 18.5. The topological polar surface area (TPSA) is 54.9 Å². The molecule has 2 aromatic rings. The van der Waals surface area contributed by atoms with Crippen LogP contribution in [0.4, 0.5) is 0 Å². The number of rotatable bonds is 11. The second-order valence-corrected chi connectivity index (χ2v) is 6.04. The molecule has 150 valence electrons. The van der Waals surface area contributed by atoms with Crippen LogP contribution in [0.15, 0.2) is 47.5 Å². The third kappa shape index (κ3) is 9.28. The van der Waals surface area contributed by atoms with Crippen molar-refractivity contribution < 1.29 is 9.47 Å². The minimum Gasteiger partial charge on any atom is -0.494 e. The van der Waals surface area contributed by atoms with Crippen molar-refractivity contribution >= 4 is 40.7 Å². The van der Waals surface area contributed by atoms with E-state index in [4.69, 9.17) is 9.47 Å². The van der Waals surface area contributed by atoms with Crippen molar-refractivity contribution in [1.82, 2.24) is 10.6 Å². The number of aliphatic imine (C=N–C) groups is 1. The van der Waals surface area contributed by atoms with Crippen LogP contribution in [0.25, 0.3) is 10.8 Å². The predicted molar refractivity (Wildman–Crippen MR) is 125 cm³/mol. The van der Waals surface area contributed by atoms with Crippen LogP contribution in [0.5, 0.6) is 5.75 Å². The number of unbranched alkanes of at least 4 members (excludes halogenated alkanes) is 1. The summed E-state index contributed by atoms with van der Waals surface area (Å²) in [7, 11) is 1.79. The van der Waals surface area contributed by atoms with Crippen LogP contribution >= 0.6 is 24.0 Å². The molecule has 5 nitrogen and oxygen atoms in total. The van der Waals surface area contributed by atoms with E-state index in [-0.39, 0.29) is 24.0 Å². The van der Waals surface area contributed by atoms with Crippen LogP contribution in [0.3, 0.4) is 0 Å². The van der Waals surface area contributed by atoms with E-state index in [0.29, 0.717) is 6.61 Å². The van der Waals surface area contributed by atoms with Gasteiger partial charge in [0.25, 0.3) is 0 Å². The largest absolute Gasteiger partial charge is 0.494 e. The fourth-order valence-corrected chi connectivity index (χ4v) is 2.63. The maximum Gasteiger partial charge on any atom is 0.190 e. The van der Waals surface area contributed by atoms with Crippen molar-refractivity contribution in [2.24, 2.45) is 4.99 Å². The lowest BCUT2D eigenvalue weighted by Gasteiger charge is -2.12. The van der Waals surface area contributed by atoms with Gasteiger partial charge in [0.05, 0.1) is 6.61 Å². The highest BCUT2D eigenvalue weighted by molar-refractivity contribution is 14.0. The molecule has 0 spiro atoms. The third-order valence-corrected chi connectivity index (χ3v) is 4.04. The summed E-state index contributed by atoms with van der Waals surface area (Å²) < 4.78 is 11.2. The van der Waals surface area contributed by atoms with E-state index in [1.165, 1.54) is 10.8 Å². The third-order valence-electron chi connectivity index (χ3n) is 4.04. The molecule has 0 saturated carbocycles. The van der Waals surface area contributed by atoms with Crippen molar-refractivity contribution in [1.29, 1.82) is 0 Å². The van der Waals surface area contributed by atoms with E-state index in [1.54, 1.807) is 7.05 Å². The zero-order valence-corrected chi connectivity index (χ0v) is 18.7. The fourth-order valence-electron chi connectivity index (χ4n) is 2.63. The Morgan fingerprint density at radius 3 is 2.41 bits per heavy atom. The SMILES string of the molecule is CCOCCCCNC(=NC)NCCCOc1ccc2ccccc2c1.I. The molecule has 0 amide bonds. The maximum absolute atomic E-state index is 5.85. The Bertz CT molecular complexity index is 679. The monoisotopic (exact) mass is 485 g/mol. The summed E-state index contributed by atoms with van der Waals surface area (Å²) in [5, 5.41) is 9.07. The quantitative estimate of drug-likeness (QED) is 0.217. The van der Waals surface area contributed by atoms with Crippen molar-refractivity contribution in [2.45, 2.75) is 26.2 Å². The van der Waals surface area contributed by atoms with Crippen LogP contribution < -0.4 is 15.4 Å². The smallest absolute Gasteiger partial charge is 0.190 e. The number of benzene rings is 2. The maximum atomic E-state index is 5.85. The highest BCUT2D eigenvalue weighted by Gasteiger charge is 1.99. The molecular formula is C21H32IN3O2. The highest BCUT2D eigenvalue weighted by Crippen LogP contribution is 2.20. The molecule has 27 heavy (non-hydrogen) atoms. The Balaban J connectivity index is 0.00000364. The average molecular weight is 485 g/mol. The summed E-state index contributed by atoms with van der Waals surface area (Å²) >= 11 is 0. The number of hydrogen-bond acceptors (Lipinski definition) is 3. The van der Waals surface area contributed by atoms with Crippen LogP contribution in [0.2, 0.25) is 0 Å².